The quantitative estimate of drug-likeness (QED) is 0.729. The standard InChI is InChI=1S/C11H20N4OS/c1-8(2)7-9(16)13-11-15-14-10(17-11)5-3-4-6-12/h8H,3-7,12H2,1-2H3,(H,13,15,16). The number of carbonyl (C=O) groups excluding carboxylic acids is 1. The summed E-state index contributed by atoms with van der Waals surface area (Å²) in [5.74, 6) is 0.358. The third-order valence-corrected chi connectivity index (χ3v) is 3.05. The molecular weight excluding hydrogens is 236 g/mol. The zero-order valence-electron chi connectivity index (χ0n) is 10.4. The van der Waals surface area contributed by atoms with Crippen molar-refractivity contribution in [3.8, 4) is 0 Å². The van der Waals surface area contributed by atoms with Gasteiger partial charge >= 0.3 is 0 Å². The van der Waals surface area contributed by atoms with Crippen LogP contribution >= 0.6 is 11.3 Å². The molecule has 0 radical (unpaired) electrons. The fraction of sp³-hybridized carbons (Fsp3) is 0.727. The summed E-state index contributed by atoms with van der Waals surface area (Å²) in [6.07, 6.45) is 3.41. The summed E-state index contributed by atoms with van der Waals surface area (Å²) in [4.78, 5) is 11.5. The predicted octanol–water partition coefficient (Wildman–Crippen LogP) is 1.80. The molecule has 1 aromatic heterocycles. The van der Waals surface area contributed by atoms with Crippen LogP contribution in [0, 0.1) is 5.92 Å². The van der Waals surface area contributed by atoms with Gasteiger partial charge in [-0.05, 0) is 25.3 Å². The molecule has 0 fully saturated rings. The summed E-state index contributed by atoms with van der Waals surface area (Å²) in [5, 5.41) is 12.3. The summed E-state index contributed by atoms with van der Waals surface area (Å²) in [6.45, 7) is 4.73. The van der Waals surface area contributed by atoms with Crippen LogP contribution in [-0.4, -0.2) is 22.6 Å². The van der Waals surface area contributed by atoms with Gasteiger partial charge in [-0.15, -0.1) is 10.2 Å². The Morgan fingerprint density at radius 3 is 2.82 bits per heavy atom. The second-order valence-corrected chi connectivity index (χ2v) is 5.45. The van der Waals surface area contributed by atoms with Crippen LogP contribution in [0.4, 0.5) is 5.13 Å². The molecule has 96 valence electrons. The molecule has 1 aromatic rings. The van der Waals surface area contributed by atoms with E-state index in [0.717, 1.165) is 24.3 Å². The van der Waals surface area contributed by atoms with Gasteiger partial charge in [-0.25, -0.2) is 0 Å². The van der Waals surface area contributed by atoms with Gasteiger partial charge in [0.15, 0.2) is 0 Å². The normalized spacial score (nSPS) is 10.8. The van der Waals surface area contributed by atoms with Crippen molar-refractivity contribution in [3.05, 3.63) is 5.01 Å². The van der Waals surface area contributed by atoms with Crippen molar-refractivity contribution in [2.75, 3.05) is 11.9 Å². The molecule has 0 saturated heterocycles. The smallest absolute Gasteiger partial charge is 0.226 e. The van der Waals surface area contributed by atoms with Crippen LogP contribution in [-0.2, 0) is 11.2 Å². The van der Waals surface area contributed by atoms with Crippen molar-refractivity contribution in [2.45, 2.75) is 39.5 Å². The van der Waals surface area contributed by atoms with Gasteiger partial charge in [0.1, 0.15) is 5.01 Å². The number of unbranched alkanes of at least 4 members (excludes halogenated alkanes) is 1. The number of aryl methyl sites for hydroxylation is 1. The van der Waals surface area contributed by atoms with Crippen molar-refractivity contribution < 1.29 is 4.79 Å². The number of anilines is 1. The van der Waals surface area contributed by atoms with Gasteiger partial charge < -0.3 is 11.1 Å². The Morgan fingerprint density at radius 2 is 2.18 bits per heavy atom. The number of amides is 1. The van der Waals surface area contributed by atoms with E-state index in [4.69, 9.17) is 5.73 Å². The minimum atomic E-state index is 0.00431. The van der Waals surface area contributed by atoms with Crippen molar-refractivity contribution in [2.24, 2.45) is 11.7 Å². The highest BCUT2D eigenvalue weighted by molar-refractivity contribution is 7.15. The summed E-state index contributed by atoms with van der Waals surface area (Å²) in [7, 11) is 0. The van der Waals surface area contributed by atoms with Crippen molar-refractivity contribution in [3.63, 3.8) is 0 Å². The Labute approximate surface area is 106 Å². The van der Waals surface area contributed by atoms with E-state index in [2.05, 4.69) is 15.5 Å². The molecule has 0 unspecified atom stereocenters. The van der Waals surface area contributed by atoms with E-state index in [0.29, 0.717) is 24.0 Å². The molecule has 6 heteroatoms. The van der Waals surface area contributed by atoms with Crippen LogP contribution in [0.25, 0.3) is 0 Å². The minimum absolute atomic E-state index is 0.00431. The average Bonchev–Trinajstić information content (AvgIpc) is 2.64. The number of hydrogen-bond acceptors (Lipinski definition) is 5. The first-order valence-electron chi connectivity index (χ1n) is 5.94. The highest BCUT2D eigenvalue weighted by Gasteiger charge is 2.09. The molecule has 17 heavy (non-hydrogen) atoms. The van der Waals surface area contributed by atoms with E-state index in [9.17, 15) is 4.79 Å². The Morgan fingerprint density at radius 1 is 1.41 bits per heavy atom. The fourth-order valence-electron chi connectivity index (χ4n) is 1.37. The molecule has 1 amide bonds. The largest absolute Gasteiger partial charge is 0.330 e. The van der Waals surface area contributed by atoms with E-state index in [1.807, 2.05) is 13.8 Å². The number of rotatable bonds is 7. The zero-order chi connectivity index (χ0) is 12.7. The van der Waals surface area contributed by atoms with Gasteiger partial charge in [-0.1, -0.05) is 25.2 Å². The first kappa shape index (κ1) is 14.1. The average molecular weight is 256 g/mol. The highest BCUT2D eigenvalue weighted by Crippen LogP contribution is 2.17. The minimum Gasteiger partial charge on any atom is -0.330 e. The Balaban J connectivity index is 2.37. The molecule has 0 aliphatic heterocycles. The molecule has 5 nitrogen and oxygen atoms in total. The van der Waals surface area contributed by atoms with Crippen LogP contribution in [0.1, 0.15) is 38.1 Å². The van der Waals surface area contributed by atoms with Gasteiger partial charge in [-0.3, -0.25) is 4.79 Å². The summed E-state index contributed by atoms with van der Waals surface area (Å²) >= 11 is 1.44. The number of aromatic nitrogens is 2. The van der Waals surface area contributed by atoms with Crippen LogP contribution in [0.2, 0.25) is 0 Å². The second-order valence-electron chi connectivity index (χ2n) is 4.39. The Kier molecular flexibility index (Phi) is 6.07. The van der Waals surface area contributed by atoms with E-state index >= 15 is 0 Å². The molecule has 0 aliphatic rings. The van der Waals surface area contributed by atoms with Crippen LogP contribution in [0.5, 0.6) is 0 Å². The lowest BCUT2D eigenvalue weighted by Gasteiger charge is -2.02. The molecule has 3 N–H and O–H groups in total. The lowest BCUT2D eigenvalue weighted by atomic mass is 10.1. The summed E-state index contributed by atoms with van der Waals surface area (Å²) in [6, 6.07) is 0. The van der Waals surface area contributed by atoms with Gasteiger partial charge in [0.05, 0.1) is 0 Å². The molecule has 0 saturated carbocycles. The monoisotopic (exact) mass is 256 g/mol. The number of nitrogens with two attached hydrogens (primary N) is 1. The maximum absolute atomic E-state index is 11.5. The summed E-state index contributed by atoms with van der Waals surface area (Å²) in [5.41, 5.74) is 5.42. The molecule has 1 heterocycles. The molecule has 1 rings (SSSR count). The van der Waals surface area contributed by atoms with Crippen LogP contribution in [0.3, 0.4) is 0 Å². The van der Waals surface area contributed by atoms with Gasteiger partial charge in [0, 0.05) is 12.8 Å². The lowest BCUT2D eigenvalue weighted by molar-refractivity contribution is -0.116. The van der Waals surface area contributed by atoms with Gasteiger partial charge in [0.25, 0.3) is 0 Å². The first-order chi connectivity index (χ1) is 8.11. The number of hydrogen-bond donors (Lipinski definition) is 2. The maximum Gasteiger partial charge on any atom is 0.226 e. The number of nitrogens with one attached hydrogen (secondary N) is 1. The van der Waals surface area contributed by atoms with Gasteiger partial charge in [-0.2, -0.15) is 0 Å². The Hall–Kier alpha value is -1.01. The number of carbonyl (C=O) groups is 1. The zero-order valence-corrected chi connectivity index (χ0v) is 11.2. The van der Waals surface area contributed by atoms with Crippen molar-refractivity contribution in [1.29, 1.82) is 0 Å². The molecule has 0 atom stereocenters. The van der Waals surface area contributed by atoms with Crippen LogP contribution in [0.15, 0.2) is 0 Å². The third-order valence-electron chi connectivity index (χ3n) is 2.15. The summed E-state index contributed by atoms with van der Waals surface area (Å²) < 4.78 is 0. The van der Waals surface area contributed by atoms with Crippen molar-refractivity contribution in [1.82, 2.24) is 10.2 Å². The molecule has 0 bridgehead atoms. The highest BCUT2D eigenvalue weighted by atomic mass is 32.1. The van der Waals surface area contributed by atoms with Crippen LogP contribution < -0.4 is 11.1 Å². The second kappa shape index (κ2) is 7.34. The maximum atomic E-state index is 11.5. The van der Waals surface area contributed by atoms with E-state index in [1.54, 1.807) is 0 Å². The van der Waals surface area contributed by atoms with E-state index in [1.165, 1.54) is 11.3 Å². The van der Waals surface area contributed by atoms with E-state index < -0.39 is 0 Å². The van der Waals surface area contributed by atoms with E-state index in [-0.39, 0.29) is 5.91 Å². The molecule has 0 aliphatic carbocycles. The Bertz CT molecular complexity index is 351. The first-order valence-corrected chi connectivity index (χ1v) is 6.75. The molecule has 0 aromatic carbocycles. The predicted molar refractivity (Wildman–Crippen MR) is 70.0 cm³/mol. The third kappa shape index (κ3) is 5.74. The molecular formula is C11H20N4OS. The molecule has 0 spiro atoms. The number of nitrogens with zero attached hydrogens (tertiary/aromatic N) is 2. The fourth-order valence-corrected chi connectivity index (χ4v) is 2.16. The van der Waals surface area contributed by atoms with Crippen molar-refractivity contribution >= 4 is 22.4 Å². The lowest BCUT2D eigenvalue weighted by Crippen LogP contribution is -2.13. The topological polar surface area (TPSA) is 80.9 Å². The van der Waals surface area contributed by atoms with Gasteiger partial charge in [0.2, 0.25) is 11.0 Å². The SMILES string of the molecule is CC(C)CC(=O)Nc1nnc(CCCCN)s1.